The van der Waals surface area contributed by atoms with Gasteiger partial charge in [-0.3, -0.25) is 14.5 Å². The number of benzene rings is 1. The third kappa shape index (κ3) is 4.11. The van der Waals surface area contributed by atoms with Gasteiger partial charge in [0, 0.05) is 44.8 Å². The summed E-state index contributed by atoms with van der Waals surface area (Å²) in [5, 5.41) is 6.57. The second kappa shape index (κ2) is 8.43. The maximum atomic E-state index is 12.8. The van der Waals surface area contributed by atoms with Crippen LogP contribution >= 0.6 is 0 Å². The first-order valence-electron chi connectivity index (χ1n) is 11.1. The Kier molecular flexibility index (Phi) is 5.52. The number of piperazine rings is 2. The van der Waals surface area contributed by atoms with Gasteiger partial charge in [-0.2, -0.15) is 0 Å². The van der Waals surface area contributed by atoms with Crippen LogP contribution in [0, 0.1) is 0 Å². The molecular formula is C22H30N4O4. The molecule has 3 heterocycles. The van der Waals surface area contributed by atoms with Crippen molar-refractivity contribution in [3.63, 3.8) is 0 Å². The highest BCUT2D eigenvalue weighted by Gasteiger charge is 2.37. The zero-order valence-electron chi connectivity index (χ0n) is 17.3. The Labute approximate surface area is 176 Å². The fraction of sp³-hybridized carbons (Fsp3) is 0.636. The standard InChI is InChI=1S/C22H30N4O4/c27-21(12-18-22(28)24-17-4-2-1-3-16(17)23-18)26-9-7-25(8-10-26)13-15-5-6-19-20(11-15)30-14-29-19/h5-6,11,16-18,23H,1-4,7-10,12-14H2,(H,24,28). The summed E-state index contributed by atoms with van der Waals surface area (Å²) in [5.74, 6) is 1.65. The summed E-state index contributed by atoms with van der Waals surface area (Å²) in [6.07, 6.45) is 4.72. The van der Waals surface area contributed by atoms with Crippen molar-refractivity contribution >= 4 is 11.8 Å². The molecule has 0 bridgehead atoms. The Balaban J connectivity index is 1.10. The first kappa shape index (κ1) is 19.6. The molecule has 2 N–H and O–H groups in total. The summed E-state index contributed by atoms with van der Waals surface area (Å²) in [6.45, 7) is 4.17. The minimum atomic E-state index is -0.400. The van der Waals surface area contributed by atoms with Crippen molar-refractivity contribution in [1.29, 1.82) is 0 Å². The summed E-state index contributed by atoms with van der Waals surface area (Å²) in [7, 11) is 0. The van der Waals surface area contributed by atoms with Crippen molar-refractivity contribution in [3.8, 4) is 11.5 Å². The Morgan fingerprint density at radius 2 is 1.80 bits per heavy atom. The van der Waals surface area contributed by atoms with E-state index >= 15 is 0 Å². The lowest BCUT2D eigenvalue weighted by Crippen LogP contribution is -2.65. The summed E-state index contributed by atoms with van der Waals surface area (Å²) in [5.41, 5.74) is 1.18. The molecule has 1 saturated carbocycles. The minimum Gasteiger partial charge on any atom is -0.454 e. The molecule has 0 radical (unpaired) electrons. The molecule has 4 aliphatic rings. The van der Waals surface area contributed by atoms with Gasteiger partial charge in [0.15, 0.2) is 11.5 Å². The molecule has 5 rings (SSSR count). The Morgan fingerprint density at radius 1 is 1.03 bits per heavy atom. The van der Waals surface area contributed by atoms with Crippen LogP contribution in [0.1, 0.15) is 37.7 Å². The normalized spacial score (nSPS) is 28.7. The predicted molar refractivity (Wildman–Crippen MR) is 110 cm³/mol. The van der Waals surface area contributed by atoms with Gasteiger partial charge in [0.1, 0.15) is 0 Å². The largest absolute Gasteiger partial charge is 0.454 e. The van der Waals surface area contributed by atoms with Gasteiger partial charge in [0.25, 0.3) is 0 Å². The topological polar surface area (TPSA) is 83.1 Å². The Bertz CT molecular complexity index is 808. The van der Waals surface area contributed by atoms with Gasteiger partial charge in [-0.05, 0) is 30.5 Å². The average molecular weight is 415 g/mol. The van der Waals surface area contributed by atoms with Crippen molar-refractivity contribution < 1.29 is 19.1 Å². The highest BCUT2D eigenvalue weighted by Crippen LogP contribution is 2.33. The molecule has 8 heteroatoms. The lowest BCUT2D eigenvalue weighted by molar-refractivity contribution is -0.137. The van der Waals surface area contributed by atoms with Gasteiger partial charge < -0.3 is 25.0 Å². The monoisotopic (exact) mass is 414 g/mol. The summed E-state index contributed by atoms with van der Waals surface area (Å²) < 4.78 is 10.8. The van der Waals surface area contributed by atoms with Gasteiger partial charge >= 0.3 is 0 Å². The molecular weight excluding hydrogens is 384 g/mol. The zero-order valence-corrected chi connectivity index (χ0v) is 17.3. The van der Waals surface area contributed by atoms with E-state index in [0.29, 0.717) is 19.1 Å². The van der Waals surface area contributed by atoms with Crippen LogP contribution in [0.5, 0.6) is 11.5 Å². The zero-order chi connectivity index (χ0) is 20.5. The number of nitrogens with one attached hydrogen (secondary N) is 2. The number of carbonyl (C=O) groups is 2. The summed E-state index contributed by atoms with van der Waals surface area (Å²) in [4.78, 5) is 29.5. The molecule has 162 valence electrons. The average Bonchev–Trinajstić information content (AvgIpc) is 3.23. The van der Waals surface area contributed by atoms with Crippen LogP contribution in [0.2, 0.25) is 0 Å². The molecule has 1 aliphatic carbocycles. The van der Waals surface area contributed by atoms with E-state index in [0.717, 1.165) is 44.0 Å². The third-order valence-corrected chi connectivity index (χ3v) is 6.77. The number of ether oxygens (including phenoxy) is 2. The van der Waals surface area contributed by atoms with E-state index in [1.165, 1.54) is 18.4 Å². The van der Waals surface area contributed by atoms with E-state index in [4.69, 9.17) is 9.47 Å². The van der Waals surface area contributed by atoms with Crippen LogP contribution in [0.25, 0.3) is 0 Å². The molecule has 3 fully saturated rings. The smallest absolute Gasteiger partial charge is 0.237 e. The van der Waals surface area contributed by atoms with E-state index in [1.807, 2.05) is 17.0 Å². The highest BCUT2D eigenvalue weighted by molar-refractivity contribution is 5.89. The lowest BCUT2D eigenvalue weighted by atomic mass is 9.87. The maximum Gasteiger partial charge on any atom is 0.237 e. The van der Waals surface area contributed by atoms with Crippen molar-refractivity contribution in [2.24, 2.45) is 0 Å². The van der Waals surface area contributed by atoms with Crippen LogP contribution in [0.4, 0.5) is 0 Å². The molecule has 30 heavy (non-hydrogen) atoms. The fourth-order valence-electron chi connectivity index (χ4n) is 5.03. The second-order valence-corrected chi connectivity index (χ2v) is 8.77. The molecule has 0 aromatic heterocycles. The Hall–Kier alpha value is -2.32. The van der Waals surface area contributed by atoms with E-state index in [2.05, 4.69) is 21.6 Å². The van der Waals surface area contributed by atoms with Crippen molar-refractivity contribution in [2.45, 2.75) is 56.8 Å². The number of hydrogen-bond acceptors (Lipinski definition) is 6. The number of rotatable bonds is 4. The van der Waals surface area contributed by atoms with Crippen molar-refractivity contribution in [2.75, 3.05) is 33.0 Å². The maximum absolute atomic E-state index is 12.8. The highest BCUT2D eigenvalue weighted by atomic mass is 16.7. The number of nitrogens with zero attached hydrogens (tertiary/aromatic N) is 2. The molecule has 1 aromatic rings. The van der Waals surface area contributed by atoms with Crippen LogP contribution in [-0.2, 0) is 16.1 Å². The SMILES string of the molecule is O=C1NC2CCCCC2NC1CC(=O)N1CCN(Cc2ccc3c(c2)OCO3)CC1. The van der Waals surface area contributed by atoms with Crippen LogP contribution in [-0.4, -0.2) is 72.7 Å². The van der Waals surface area contributed by atoms with Gasteiger partial charge in [-0.15, -0.1) is 0 Å². The first-order valence-corrected chi connectivity index (χ1v) is 11.1. The van der Waals surface area contributed by atoms with E-state index in [9.17, 15) is 9.59 Å². The fourth-order valence-corrected chi connectivity index (χ4v) is 5.03. The van der Waals surface area contributed by atoms with Crippen LogP contribution < -0.4 is 20.1 Å². The van der Waals surface area contributed by atoms with Gasteiger partial charge in [-0.1, -0.05) is 18.9 Å². The third-order valence-electron chi connectivity index (χ3n) is 6.77. The number of hydrogen-bond donors (Lipinski definition) is 2. The van der Waals surface area contributed by atoms with Crippen molar-refractivity contribution in [3.05, 3.63) is 23.8 Å². The molecule has 0 spiro atoms. The number of carbonyl (C=O) groups excluding carboxylic acids is 2. The van der Waals surface area contributed by atoms with E-state index < -0.39 is 6.04 Å². The van der Waals surface area contributed by atoms with Gasteiger partial charge in [0.2, 0.25) is 18.6 Å². The van der Waals surface area contributed by atoms with Crippen LogP contribution in [0.15, 0.2) is 18.2 Å². The quantitative estimate of drug-likeness (QED) is 0.760. The first-order chi connectivity index (χ1) is 14.7. The second-order valence-electron chi connectivity index (χ2n) is 8.77. The molecule has 2 saturated heterocycles. The van der Waals surface area contributed by atoms with Gasteiger partial charge in [0.05, 0.1) is 12.5 Å². The Morgan fingerprint density at radius 3 is 2.63 bits per heavy atom. The molecule has 3 atom stereocenters. The molecule has 3 aliphatic heterocycles. The van der Waals surface area contributed by atoms with Crippen molar-refractivity contribution in [1.82, 2.24) is 20.4 Å². The van der Waals surface area contributed by atoms with Crippen LogP contribution in [0.3, 0.4) is 0 Å². The molecule has 1 aromatic carbocycles. The van der Waals surface area contributed by atoms with Gasteiger partial charge in [-0.25, -0.2) is 0 Å². The molecule has 3 unspecified atom stereocenters. The molecule has 8 nitrogen and oxygen atoms in total. The predicted octanol–water partition coefficient (Wildman–Crippen LogP) is 0.849. The molecule has 2 amide bonds. The minimum absolute atomic E-state index is 0.0204. The number of fused-ring (bicyclic) bond motifs is 2. The van der Waals surface area contributed by atoms with E-state index in [1.54, 1.807) is 0 Å². The summed E-state index contributed by atoms with van der Waals surface area (Å²) in [6, 6.07) is 6.20. The summed E-state index contributed by atoms with van der Waals surface area (Å²) >= 11 is 0. The number of amides is 2. The lowest BCUT2D eigenvalue weighted by Gasteiger charge is -2.41. The van der Waals surface area contributed by atoms with E-state index in [-0.39, 0.29) is 31.1 Å².